The standard InChI is InChI=1S/C19H21N3O4/c1-25-19(24)15-6-2-3-7-16(15)22-17-9-8-13(11-20-17)18(23)21-12-14-5-4-10-26-14/h2-3,6-9,11,14H,4-5,10,12H2,1H3,(H,20,22)(H,21,23). The van der Waals surface area contributed by atoms with Gasteiger partial charge in [0.25, 0.3) is 5.91 Å². The molecule has 1 aromatic carbocycles. The number of hydrogen-bond donors (Lipinski definition) is 2. The molecule has 0 spiro atoms. The predicted molar refractivity (Wildman–Crippen MR) is 96.6 cm³/mol. The van der Waals surface area contributed by atoms with Crippen LogP contribution in [0.2, 0.25) is 0 Å². The first-order valence-corrected chi connectivity index (χ1v) is 8.47. The summed E-state index contributed by atoms with van der Waals surface area (Å²) in [7, 11) is 1.33. The quantitative estimate of drug-likeness (QED) is 0.774. The van der Waals surface area contributed by atoms with Gasteiger partial charge in [-0.15, -0.1) is 0 Å². The topological polar surface area (TPSA) is 89.5 Å². The van der Waals surface area contributed by atoms with Gasteiger partial charge >= 0.3 is 5.97 Å². The van der Waals surface area contributed by atoms with Crippen molar-refractivity contribution in [3.8, 4) is 0 Å². The number of methoxy groups -OCH3 is 1. The molecule has 7 heteroatoms. The Morgan fingerprint density at radius 3 is 2.81 bits per heavy atom. The van der Waals surface area contributed by atoms with E-state index >= 15 is 0 Å². The largest absolute Gasteiger partial charge is 0.465 e. The molecule has 2 aromatic rings. The first-order valence-electron chi connectivity index (χ1n) is 8.47. The normalized spacial score (nSPS) is 16.1. The first-order chi connectivity index (χ1) is 12.7. The Hall–Kier alpha value is -2.93. The second-order valence-electron chi connectivity index (χ2n) is 5.94. The zero-order chi connectivity index (χ0) is 18.4. The van der Waals surface area contributed by atoms with Gasteiger partial charge in [-0.2, -0.15) is 0 Å². The molecule has 7 nitrogen and oxygen atoms in total. The molecule has 1 fully saturated rings. The number of anilines is 2. The molecule has 0 bridgehead atoms. The molecular formula is C19H21N3O4. The van der Waals surface area contributed by atoms with Crippen LogP contribution in [0.5, 0.6) is 0 Å². The third kappa shape index (κ3) is 4.37. The molecule has 136 valence electrons. The van der Waals surface area contributed by atoms with E-state index in [0.717, 1.165) is 19.4 Å². The highest BCUT2D eigenvalue weighted by molar-refractivity contribution is 5.96. The minimum absolute atomic E-state index is 0.0997. The van der Waals surface area contributed by atoms with Crippen molar-refractivity contribution in [2.75, 3.05) is 25.6 Å². The van der Waals surface area contributed by atoms with Crippen LogP contribution in [-0.4, -0.2) is 43.2 Å². The van der Waals surface area contributed by atoms with Gasteiger partial charge in [0.1, 0.15) is 5.82 Å². The van der Waals surface area contributed by atoms with Crippen LogP contribution in [0.4, 0.5) is 11.5 Å². The Labute approximate surface area is 151 Å². The SMILES string of the molecule is COC(=O)c1ccccc1Nc1ccc(C(=O)NCC2CCCO2)cn1. The number of esters is 1. The molecule has 26 heavy (non-hydrogen) atoms. The van der Waals surface area contributed by atoms with E-state index in [1.54, 1.807) is 30.3 Å². The summed E-state index contributed by atoms with van der Waals surface area (Å²) in [5, 5.41) is 5.92. The molecular weight excluding hydrogens is 334 g/mol. The number of pyridine rings is 1. The van der Waals surface area contributed by atoms with Crippen molar-refractivity contribution in [1.29, 1.82) is 0 Å². The van der Waals surface area contributed by atoms with Crippen LogP contribution in [0.3, 0.4) is 0 Å². The zero-order valence-corrected chi connectivity index (χ0v) is 14.5. The van der Waals surface area contributed by atoms with Crippen LogP contribution >= 0.6 is 0 Å². The number of hydrogen-bond acceptors (Lipinski definition) is 6. The molecule has 1 saturated heterocycles. The molecule has 2 N–H and O–H groups in total. The zero-order valence-electron chi connectivity index (χ0n) is 14.5. The van der Waals surface area contributed by atoms with Crippen LogP contribution in [0.1, 0.15) is 33.6 Å². The maximum atomic E-state index is 12.2. The van der Waals surface area contributed by atoms with E-state index in [1.165, 1.54) is 13.3 Å². The van der Waals surface area contributed by atoms with Gasteiger partial charge in [0.05, 0.1) is 30.0 Å². The molecule has 0 aliphatic carbocycles. The first kappa shape index (κ1) is 17.9. The number of nitrogens with one attached hydrogen (secondary N) is 2. The average molecular weight is 355 g/mol. The van der Waals surface area contributed by atoms with Crippen molar-refractivity contribution in [2.24, 2.45) is 0 Å². The van der Waals surface area contributed by atoms with Crippen LogP contribution in [0.25, 0.3) is 0 Å². The Kier molecular flexibility index (Phi) is 5.80. The Morgan fingerprint density at radius 1 is 1.27 bits per heavy atom. The molecule has 0 saturated carbocycles. The van der Waals surface area contributed by atoms with Gasteiger partial charge in [-0.25, -0.2) is 9.78 Å². The summed E-state index contributed by atoms with van der Waals surface area (Å²) in [5.74, 6) is -0.0928. The van der Waals surface area contributed by atoms with Crippen molar-refractivity contribution in [2.45, 2.75) is 18.9 Å². The van der Waals surface area contributed by atoms with E-state index in [-0.39, 0.29) is 12.0 Å². The summed E-state index contributed by atoms with van der Waals surface area (Å²) in [5.41, 5.74) is 1.47. The number of para-hydroxylation sites is 1. The third-order valence-electron chi connectivity index (χ3n) is 4.14. The molecule has 3 rings (SSSR count). The van der Waals surface area contributed by atoms with E-state index in [2.05, 4.69) is 15.6 Å². The smallest absolute Gasteiger partial charge is 0.339 e. The summed E-state index contributed by atoms with van der Waals surface area (Å²) >= 11 is 0. The van der Waals surface area contributed by atoms with E-state index in [0.29, 0.717) is 29.2 Å². The molecule has 1 amide bonds. The van der Waals surface area contributed by atoms with Crippen molar-refractivity contribution >= 4 is 23.4 Å². The molecule has 1 aliphatic rings. The minimum atomic E-state index is -0.432. The average Bonchev–Trinajstić information content (AvgIpc) is 3.20. The maximum absolute atomic E-state index is 12.2. The van der Waals surface area contributed by atoms with Gasteiger partial charge in [-0.1, -0.05) is 12.1 Å². The van der Waals surface area contributed by atoms with Crippen molar-refractivity contribution in [3.05, 3.63) is 53.7 Å². The summed E-state index contributed by atoms with van der Waals surface area (Å²) < 4.78 is 10.3. The van der Waals surface area contributed by atoms with Crippen molar-refractivity contribution in [1.82, 2.24) is 10.3 Å². The molecule has 1 aliphatic heterocycles. The lowest BCUT2D eigenvalue weighted by Gasteiger charge is -2.12. The molecule has 1 atom stereocenters. The van der Waals surface area contributed by atoms with E-state index in [4.69, 9.17) is 9.47 Å². The maximum Gasteiger partial charge on any atom is 0.339 e. The summed E-state index contributed by atoms with van der Waals surface area (Å²) in [6.07, 6.45) is 3.60. The number of carbonyl (C=O) groups excluding carboxylic acids is 2. The number of amides is 1. The van der Waals surface area contributed by atoms with Crippen molar-refractivity contribution in [3.63, 3.8) is 0 Å². The Morgan fingerprint density at radius 2 is 2.12 bits per heavy atom. The highest BCUT2D eigenvalue weighted by Crippen LogP contribution is 2.20. The van der Waals surface area contributed by atoms with Gasteiger partial charge in [0.2, 0.25) is 0 Å². The van der Waals surface area contributed by atoms with Gasteiger partial charge < -0.3 is 20.1 Å². The number of nitrogens with zero attached hydrogens (tertiary/aromatic N) is 1. The lowest BCUT2D eigenvalue weighted by molar-refractivity contribution is 0.0601. The lowest BCUT2D eigenvalue weighted by atomic mass is 10.1. The van der Waals surface area contributed by atoms with Gasteiger partial charge in [-0.05, 0) is 37.1 Å². The number of rotatable bonds is 6. The number of aromatic nitrogens is 1. The third-order valence-corrected chi connectivity index (χ3v) is 4.14. The molecule has 1 unspecified atom stereocenters. The highest BCUT2D eigenvalue weighted by atomic mass is 16.5. The summed E-state index contributed by atoms with van der Waals surface area (Å²) in [6.45, 7) is 1.26. The molecule has 2 heterocycles. The number of benzene rings is 1. The Bertz CT molecular complexity index is 771. The van der Waals surface area contributed by atoms with E-state index < -0.39 is 5.97 Å². The van der Waals surface area contributed by atoms with E-state index in [1.807, 2.05) is 6.07 Å². The van der Waals surface area contributed by atoms with Crippen LogP contribution in [-0.2, 0) is 9.47 Å². The monoisotopic (exact) mass is 355 g/mol. The number of ether oxygens (including phenoxy) is 2. The summed E-state index contributed by atoms with van der Waals surface area (Å²) in [6, 6.07) is 10.4. The van der Waals surface area contributed by atoms with Gasteiger partial charge in [0, 0.05) is 19.3 Å². The van der Waals surface area contributed by atoms with Crippen molar-refractivity contribution < 1.29 is 19.1 Å². The fourth-order valence-corrected chi connectivity index (χ4v) is 2.73. The minimum Gasteiger partial charge on any atom is -0.465 e. The second kappa shape index (κ2) is 8.44. The lowest BCUT2D eigenvalue weighted by Crippen LogP contribution is -2.31. The Balaban J connectivity index is 1.63. The van der Waals surface area contributed by atoms with Crippen LogP contribution in [0, 0.1) is 0 Å². The highest BCUT2D eigenvalue weighted by Gasteiger charge is 2.17. The second-order valence-corrected chi connectivity index (χ2v) is 5.94. The predicted octanol–water partition coefficient (Wildman–Crippen LogP) is 2.52. The van der Waals surface area contributed by atoms with E-state index in [9.17, 15) is 9.59 Å². The fraction of sp³-hybridized carbons (Fsp3) is 0.316. The van der Waals surface area contributed by atoms with Crippen LogP contribution in [0.15, 0.2) is 42.6 Å². The van der Waals surface area contributed by atoms with Gasteiger partial charge in [0.15, 0.2) is 0 Å². The molecule has 0 radical (unpaired) electrons. The van der Waals surface area contributed by atoms with Gasteiger partial charge in [-0.3, -0.25) is 4.79 Å². The summed E-state index contributed by atoms with van der Waals surface area (Å²) in [4.78, 5) is 28.2. The fourth-order valence-electron chi connectivity index (χ4n) is 2.73. The van der Waals surface area contributed by atoms with Crippen LogP contribution < -0.4 is 10.6 Å². The number of carbonyl (C=O) groups is 2. The molecule has 1 aromatic heterocycles.